The Morgan fingerprint density at radius 3 is 2.59 bits per heavy atom. The summed E-state index contributed by atoms with van der Waals surface area (Å²) in [5.74, 6) is 1.17. The van der Waals surface area contributed by atoms with E-state index in [1.54, 1.807) is 0 Å². The first-order valence-electron chi connectivity index (χ1n) is 6.00. The third-order valence-electron chi connectivity index (χ3n) is 3.20. The van der Waals surface area contributed by atoms with Crippen LogP contribution in [0.3, 0.4) is 0 Å². The van der Waals surface area contributed by atoms with Crippen LogP contribution in [0.25, 0.3) is 0 Å². The summed E-state index contributed by atoms with van der Waals surface area (Å²) in [6.45, 7) is 6.84. The van der Waals surface area contributed by atoms with E-state index in [-0.39, 0.29) is 0 Å². The molecule has 0 unspecified atom stereocenters. The summed E-state index contributed by atoms with van der Waals surface area (Å²) in [7, 11) is 0. The molecule has 3 heteroatoms. The van der Waals surface area contributed by atoms with Crippen molar-refractivity contribution in [2.75, 3.05) is 23.7 Å². The van der Waals surface area contributed by atoms with E-state index in [0.29, 0.717) is 4.75 Å². The van der Waals surface area contributed by atoms with Crippen molar-refractivity contribution in [1.29, 1.82) is 5.26 Å². The van der Waals surface area contributed by atoms with Crippen LogP contribution in [-0.2, 0) is 0 Å². The van der Waals surface area contributed by atoms with Crippen LogP contribution in [0.1, 0.15) is 25.8 Å². The quantitative estimate of drug-likeness (QED) is 0.761. The van der Waals surface area contributed by atoms with Gasteiger partial charge < -0.3 is 4.90 Å². The Labute approximate surface area is 108 Å². The fourth-order valence-electron chi connectivity index (χ4n) is 2.03. The number of hydrogen-bond acceptors (Lipinski definition) is 3. The van der Waals surface area contributed by atoms with Gasteiger partial charge in [-0.3, -0.25) is 0 Å². The standard InChI is InChI=1S/C14H18N2S/c1-14(2)7-8-16(9-10-17-14)13-5-3-12(11-15)4-6-13/h3-6H,7-10H2,1-2H3. The van der Waals surface area contributed by atoms with E-state index in [0.717, 1.165) is 18.7 Å². The Morgan fingerprint density at radius 1 is 1.24 bits per heavy atom. The van der Waals surface area contributed by atoms with E-state index in [4.69, 9.17) is 5.26 Å². The Bertz CT molecular complexity index is 417. The molecule has 0 atom stereocenters. The SMILES string of the molecule is CC1(C)CCN(c2ccc(C#N)cc2)CCS1. The summed E-state index contributed by atoms with van der Waals surface area (Å²) in [6, 6.07) is 10.1. The van der Waals surface area contributed by atoms with Crippen LogP contribution in [0.5, 0.6) is 0 Å². The number of thioether (sulfide) groups is 1. The van der Waals surface area contributed by atoms with Crippen LogP contribution in [-0.4, -0.2) is 23.6 Å². The Morgan fingerprint density at radius 2 is 1.94 bits per heavy atom. The number of benzene rings is 1. The van der Waals surface area contributed by atoms with Crippen LogP contribution in [0.15, 0.2) is 24.3 Å². The molecule has 1 aromatic rings. The Hall–Kier alpha value is -1.14. The summed E-state index contributed by atoms with van der Waals surface area (Å²) >= 11 is 2.05. The molecule has 0 aromatic heterocycles. The van der Waals surface area contributed by atoms with Crippen molar-refractivity contribution in [2.24, 2.45) is 0 Å². The predicted octanol–water partition coefficient (Wildman–Crippen LogP) is 3.28. The maximum absolute atomic E-state index is 8.79. The highest BCUT2D eigenvalue weighted by Crippen LogP contribution is 2.32. The molecule has 17 heavy (non-hydrogen) atoms. The molecule has 0 N–H and O–H groups in total. The van der Waals surface area contributed by atoms with Gasteiger partial charge in [-0.15, -0.1) is 0 Å². The van der Waals surface area contributed by atoms with Gasteiger partial charge in [0, 0.05) is 29.3 Å². The van der Waals surface area contributed by atoms with Crippen LogP contribution < -0.4 is 4.90 Å². The highest BCUT2D eigenvalue weighted by Gasteiger charge is 2.23. The molecule has 0 aliphatic carbocycles. The van der Waals surface area contributed by atoms with Gasteiger partial charge in [-0.2, -0.15) is 17.0 Å². The average Bonchev–Trinajstić information content (AvgIpc) is 2.50. The summed E-state index contributed by atoms with van der Waals surface area (Å²) in [4.78, 5) is 2.42. The molecule has 1 fully saturated rings. The highest BCUT2D eigenvalue weighted by atomic mass is 32.2. The summed E-state index contributed by atoms with van der Waals surface area (Å²) in [5.41, 5.74) is 1.97. The predicted molar refractivity (Wildman–Crippen MR) is 74.5 cm³/mol. The first kappa shape index (κ1) is 12.3. The molecule has 0 radical (unpaired) electrons. The van der Waals surface area contributed by atoms with Gasteiger partial charge in [0.15, 0.2) is 0 Å². The maximum Gasteiger partial charge on any atom is 0.0991 e. The zero-order chi connectivity index (χ0) is 12.3. The third kappa shape index (κ3) is 3.17. The van der Waals surface area contributed by atoms with Gasteiger partial charge >= 0.3 is 0 Å². The second-order valence-corrected chi connectivity index (χ2v) is 6.81. The normalized spacial score (nSPS) is 19.5. The van der Waals surface area contributed by atoms with Crippen LogP contribution in [0, 0.1) is 11.3 Å². The van der Waals surface area contributed by atoms with Crippen LogP contribution in [0.4, 0.5) is 5.69 Å². The number of hydrogen-bond donors (Lipinski definition) is 0. The van der Waals surface area contributed by atoms with Crippen molar-refractivity contribution in [1.82, 2.24) is 0 Å². The van der Waals surface area contributed by atoms with Crippen molar-refractivity contribution >= 4 is 17.4 Å². The molecule has 1 aliphatic rings. The van der Waals surface area contributed by atoms with Crippen molar-refractivity contribution in [2.45, 2.75) is 25.0 Å². The van der Waals surface area contributed by atoms with E-state index < -0.39 is 0 Å². The molecule has 1 heterocycles. The molecule has 0 bridgehead atoms. The molecular formula is C14H18N2S. The largest absolute Gasteiger partial charge is 0.371 e. The molecule has 2 nitrogen and oxygen atoms in total. The zero-order valence-corrected chi connectivity index (χ0v) is 11.3. The van der Waals surface area contributed by atoms with Crippen LogP contribution in [0.2, 0.25) is 0 Å². The molecule has 0 amide bonds. The summed E-state index contributed by atoms with van der Waals surface area (Å²) in [6.07, 6.45) is 1.21. The lowest BCUT2D eigenvalue weighted by molar-refractivity contribution is 0.638. The molecule has 90 valence electrons. The lowest BCUT2D eigenvalue weighted by Gasteiger charge is -2.24. The van der Waals surface area contributed by atoms with Gasteiger partial charge in [-0.1, -0.05) is 13.8 Å². The highest BCUT2D eigenvalue weighted by molar-refractivity contribution is 8.00. The van der Waals surface area contributed by atoms with E-state index >= 15 is 0 Å². The first-order valence-corrected chi connectivity index (χ1v) is 6.98. The molecule has 1 aromatic carbocycles. The Balaban J connectivity index is 2.09. The van der Waals surface area contributed by atoms with E-state index in [1.807, 2.05) is 12.1 Å². The number of nitriles is 1. The fourth-order valence-corrected chi connectivity index (χ4v) is 3.13. The van der Waals surface area contributed by atoms with Crippen molar-refractivity contribution in [3.63, 3.8) is 0 Å². The molecule has 1 aliphatic heterocycles. The smallest absolute Gasteiger partial charge is 0.0991 e. The minimum Gasteiger partial charge on any atom is -0.371 e. The van der Waals surface area contributed by atoms with Crippen LogP contribution >= 0.6 is 11.8 Å². The second-order valence-electron chi connectivity index (χ2n) is 5.00. The van der Waals surface area contributed by atoms with Gasteiger partial charge in [0.2, 0.25) is 0 Å². The van der Waals surface area contributed by atoms with Gasteiger partial charge in [-0.25, -0.2) is 0 Å². The third-order valence-corrected chi connectivity index (χ3v) is 4.57. The van der Waals surface area contributed by atoms with E-state index in [9.17, 15) is 0 Å². The van der Waals surface area contributed by atoms with E-state index in [1.165, 1.54) is 17.9 Å². The minimum atomic E-state index is 0.390. The van der Waals surface area contributed by atoms with Gasteiger partial charge in [0.1, 0.15) is 0 Å². The van der Waals surface area contributed by atoms with Gasteiger partial charge in [-0.05, 0) is 30.7 Å². The lowest BCUT2D eigenvalue weighted by Crippen LogP contribution is -2.26. The molecular weight excluding hydrogens is 228 g/mol. The Kier molecular flexibility index (Phi) is 3.63. The second kappa shape index (κ2) is 5.01. The van der Waals surface area contributed by atoms with Gasteiger partial charge in [0.05, 0.1) is 11.6 Å². The molecule has 2 rings (SSSR count). The number of nitrogens with zero attached hydrogens (tertiary/aromatic N) is 2. The van der Waals surface area contributed by atoms with Crippen molar-refractivity contribution in [3.05, 3.63) is 29.8 Å². The van der Waals surface area contributed by atoms with E-state index in [2.05, 4.69) is 48.7 Å². The monoisotopic (exact) mass is 246 g/mol. The summed E-state index contributed by atoms with van der Waals surface area (Å²) in [5, 5.41) is 8.79. The summed E-state index contributed by atoms with van der Waals surface area (Å²) < 4.78 is 0.390. The first-order chi connectivity index (χ1) is 8.11. The maximum atomic E-state index is 8.79. The van der Waals surface area contributed by atoms with Crippen molar-refractivity contribution in [3.8, 4) is 6.07 Å². The fraction of sp³-hybridized carbons (Fsp3) is 0.500. The van der Waals surface area contributed by atoms with Crippen molar-refractivity contribution < 1.29 is 0 Å². The number of rotatable bonds is 1. The topological polar surface area (TPSA) is 27.0 Å². The number of anilines is 1. The molecule has 1 saturated heterocycles. The minimum absolute atomic E-state index is 0.390. The molecule has 0 spiro atoms. The zero-order valence-electron chi connectivity index (χ0n) is 10.4. The molecule has 0 saturated carbocycles. The lowest BCUT2D eigenvalue weighted by atomic mass is 10.1. The average molecular weight is 246 g/mol. The van der Waals surface area contributed by atoms with Gasteiger partial charge in [0.25, 0.3) is 0 Å².